The van der Waals surface area contributed by atoms with Crippen LogP contribution in [0.5, 0.6) is 0 Å². The number of benzene rings is 2. The molecule has 5 nitrogen and oxygen atoms in total. The lowest BCUT2D eigenvalue weighted by atomic mass is 10.1. The van der Waals surface area contributed by atoms with Crippen molar-refractivity contribution in [3.8, 4) is 0 Å². The maximum atomic E-state index is 12.8. The molecule has 3 aromatic rings. The zero-order valence-corrected chi connectivity index (χ0v) is 17.7. The highest BCUT2D eigenvalue weighted by Crippen LogP contribution is 2.18. The second-order valence-electron chi connectivity index (χ2n) is 6.99. The highest BCUT2D eigenvalue weighted by Gasteiger charge is 2.18. The van der Waals surface area contributed by atoms with Crippen molar-refractivity contribution < 1.29 is 19.4 Å². The van der Waals surface area contributed by atoms with Gasteiger partial charge < -0.3 is 14.7 Å². The van der Waals surface area contributed by atoms with Crippen LogP contribution in [0.2, 0.25) is 0 Å². The third-order valence-electron chi connectivity index (χ3n) is 4.71. The van der Waals surface area contributed by atoms with Gasteiger partial charge in [-0.3, -0.25) is 4.79 Å². The van der Waals surface area contributed by atoms with Crippen LogP contribution in [-0.4, -0.2) is 35.0 Å². The first-order valence-electron chi connectivity index (χ1n) is 9.79. The minimum atomic E-state index is -0.553. The summed E-state index contributed by atoms with van der Waals surface area (Å²) in [4.78, 5) is 29.1. The standard InChI is InChI=1S/C24H25NO4S/c1-18-7-12-22(30-18)15-25(14-13-19-5-3-2-4-6-19)23(27)17-29-24(28)21-10-8-20(16-26)9-11-21/h2-12,26H,13-17H2,1H3. The van der Waals surface area contributed by atoms with E-state index in [2.05, 4.69) is 0 Å². The fourth-order valence-electron chi connectivity index (χ4n) is 3.01. The largest absolute Gasteiger partial charge is 0.452 e. The summed E-state index contributed by atoms with van der Waals surface area (Å²) in [6.45, 7) is 2.68. The predicted octanol–water partition coefficient (Wildman–Crippen LogP) is 3.98. The molecule has 0 unspecified atom stereocenters. The molecule has 30 heavy (non-hydrogen) atoms. The van der Waals surface area contributed by atoms with Gasteiger partial charge in [-0.2, -0.15) is 0 Å². The summed E-state index contributed by atoms with van der Waals surface area (Å²) in [6, 6.07) is 20.5. The number of thiophene rings is 1. The van der Waals surface area contributed by atoms with Gasteiger partial charge in [0.15, 0.2) is 6.61 Å². The number of aliphatic hydroxyl groups excluding tert-OH is 1. The fourth-order valence-corrected chi connectivity index (χ4v) is 3.91. The number of rotatable bonds is 9. The fraction of sp³-hybridized carbons (Fsp3) is 0.250. The van der Waals surface area contributed by atoms with Crippen molar-refractivity contribution in [1.82, 2.24) is 4.90 Å². The van der Waals surface area contributed by atoms with Gasteiger partial charge in [0.2, 0.25) is 0 Å². The van der Waals surface area contributed by atoms with Gasteiger partial charge in [-0.1, -0.05) is 42.5 Å². The molecular formula is C24H25NO4S. The Morgan fingerprint density at radius 3 is 2.33 bits per heavy atom. The zero-order valence-electron chi connectivity index (χ0n) is 16.9. The molecule has 2 aromatic carbocycles. The number of esters is 1. The quantitative estimate of drug-likeness (QED) is 0.529. The van der Waals surface area contributed by atoms with Gasteiger partial charge in [0.05, 0.1) is 18.7 Å². The number of hydrogen-bond donors (Lipinski definition) is 1. The summed E-state index contributed by atoms with van der Waals surface area (Å²) >= 11 is 1.66. The predicted molar refractivity (Wildman–Crippen MR) is 117 cm³/mol. The van der Waals surface area contributed by atoms with Crippen molar-refractivity contribution in [1.29, 1.82) is 0 Å². The van der Waals surface area contributed by atoms with Crippen molar-refractivity contribution in [2.75, 3.05) is 13.2 Å². The van der Waals surface area contributed by atoms with E-state index in [9.17, 15) is 9.59 Å². The molecule has 0 saturated heterocycles. The Balaban J connectivity index is 1.61. The molecule has 0 aliphatic carbocycles. The van der Waals surface area contributed by atoms with E-state index in [-0.39, 0.29) is 19.1 Å². The van der Waals surface area contributed by atoms with Crippen molar-refractivity contribution in [3.63, 3.8) is 0 Å². The normalized spacial score (nSPS) is 10.6. The SMILES string of the molecule is Cc1ccc(CN(CCc2ccccc2)C(=O)COC(=O)c2ccc(CO)cc2)s1. The molecule has 3 rings (SSSR count). The molecule has 1 heterocycles. The van der Waals surface area contributed by atoms with Crippen LogP contribution in [0.3, 0.4) is 0 Å². The van der Waals surface area contributed by atoms with Crippen LogP contribution in [0, 0.1) is 6.92 Å². The highest BCUT2D eigenvalue weighted by molar-refractivity contribution is 7.11. The van der Waals surface area contributed by atoms with Crippen LogP contribution in [0.1, 0.15) is 31.2 Å². The Labute approximate surface area is 180 Å². The van der Waals surface area contributed by atoms with Gasteiger partial charge in [-0.05, 0) is 48.7 Å². The van der Waals surface area contributed by atoms with E-state index < -0.39 is 5.97 Å². The van der Waals surface area contributed by atoms with Gasteiger partial charge in [0.25, 0.3) is 5.91 Å². The third kappa shape index (κ3) is 6.27. The second-order valence-corrected chi connectivity index (χ2v) is 8.37. The number of hydrogen-bond acceptors (Lipinski definition) is 5. The minimum Gasteiger partial charge on any atom is -0.452 e. The first-order chi connectivity index (χ1) is 14.5. The molecule has 0 radical (unpaired) electrons. The second kappa shape index (κ2) is 10.7. The lowest BCUT2D eigenvalue weighted by Crippen LogP contribution is -2.35. The molecule has 6 heteroatoms. The van der Waals surface area contributed by atoms with E-state index in [1.54, 1.807) is 40.5 Å². The van der Waals surface area contributed by atoms with E-state index in [0.29, 0.717) is 24.2 Å². The number of aliphatic hydroxyl groups is 1. The van der Waals surface area contributed by atoms with Crippen LogP contribution in [-0.2, 0) is 29.1 Å². The number of amides is 1. The molecular weight excluding hydrogens is 398 g/mol. The van der Waals surface area contributed by atoms with Crippen LogP contribution in [0.25, 0.3) is 0 Å². The Kier molecular flexibility index (Phi) is 7.76. The maximum Gasteiger partial charge on any atom is 0.338 e. The number of aryl methyl sites for hydroxylation is 1. The molecule has 0 fully saturated rings. The van der Waals surface area contributed by atoms with Gasteiger partial charge in [-0.15, -0.1) is 11.3 Å². The monoisotopic (exact) mass is 423 g/mol. The lowest BCUT2D eigenvalue weighted by Gasteiger charge is -2.22. The van der Waals surface area contributed by atoms with Crippen molar-refractivity contribution in [2.45, 2.75) is 26.5 Å². The Hall–Kier alpha value is -2.96. The Morgan fingerprint density at radius 2 is 1.70 bits per heavy atom. The summed E-state index contributed by atoms with van der Waals surface area (Å²) < 4.78 is 5.25. The van der Waals surface area contributed by atoms with Gasteiger partial charge in [-0.25, -0.2) is 4.79 Å². The highest BCUT2D eigenvalue weighted by atomic mass is 32.1. The van der Waals surface area contributed by atoms with E-state index >= 15 is 0 Å². The molecule has 156 valence electrons. The number of ether oxygens (including phenoxy) is 1. The van der Waals surface area contributed by atoms with E-state index in [0.717, 1.165) is 16.9 Å². The van der Waals surface area contributed by atoms with E-state index in [1.807, 2.05) is 49.4 Å². The zero-order chi connectivity index (χ0) is 21.3. The minimum absolute atomic E-state index is 0.0909. The van der Waals surface area contributed by atoms with Crippen LogP contribution < -0.4 is 0 Å². The molecule has 0 aliphatic rings. The summed E-state index contributed by atoms with van der Waals surface area (Å²) in [5.74, 6) is -0.778. The number of nitrogens with zero attached hydrogens (tertiary/aromatic N) is 1. The van der Waals surface area contributed by atoms with Gasteiger partial charge in [0, 0.05) is 16.3 Å². The van der Waals surface area contributed by atoms with Crippen molar-refractivity contribution in [3.05, 3.63) is 93.2 Å². The van der Waals surface area contributed by atoms with Crippen molar-refractivity contribution >= 4 is 23.2 Å². The van der Waals surface area contributed by atoms with E-state index in [4.69, 9.17) is 9.84 Å². The van der Waals surface area contributed by atoms with Gasteiger partial charge >= 0.3 is 5.97 Å². The topological polar surface area (TPSA) is 66.8 Å². The molecule has 1 N–H and O–H groups in total. The van der Waals surface area contributed by atoms with Gasteiger partial charge in [0.1, 0.15) is 0 Å². The summed E-state index contributed by atoms with van der Waals surface area (Å²) in [7, 11) is 0. The average Bonchev–Trinajstić information content (AvgIpc) is 3.20. The average molecular weight is 424 g/mol. The third-order valence-corrected chi connectivity index (χ3v) is 5.69. The summed E-state index contributed by atoms with van der Waals surface area (Å²) in [5, 5.41) is 9.09. The molecule has 0 spiro atoms. The molecule has 0 atom stereocenters. The maximum absolute atomic E-state index is 12.8. The van der Waals surface area contributed by atoms with Crippen LogP contribution in [0.4, 0.5) is 0 Å². The molecule has 0 saturated carbocycles. The Bertz CT molecular complexity index is 966. The molecule has 0 aliphatic heterocycles. The first-order valence-corrected chi connectivity index (χ1v) is 10.6. The van der Waals surface area contributed by atoms with Crippen LogP contribution in [0.15, 0.2) is 66.7 Å². The Morgan fingerprint density at radius 1 is 0.967 bits per heavy atom. The first kappa shape index (κ1) is 21.7. The molecule has 0 bridgehead atoms. The smallest absolute Gasteiger partial charge is 0.338 e. The lowest BCUT2D eigenvalue weighted by molar-refractivity contribution is -0.135. The van der Waals surface area contributed by atoms with Crippen molar-refractivity contribution in [2.24, 2.45) is 0 Å². The summed E-state index contributed by atoms with van der Waals surface area (Å²) in [5.41, 5.74) is 2.21. The number of carbonyl (C=O) groups excluding carboxylic acids is 2. The molecule has 1 aromatic heterocycles. The number of carbonyl (C=O) groups is 2. The summed E-state index contributed by atoms with van der Waals surface area (Å²) in [6.07, 6.45) is 0.730. The molecule has 1 amide bonds. The van der Waals surface area contributed by atoms with E-state index in [1.165, 1.54) is 4.88 Å². The van der Waals surface area contributed by atoms with Crippen LogP contribution >= 0.6 is 11.3 Å².